The summed E-state index contributed by atoms with van der Waals surface area (Å²) >= 11 is 0. The molecule has 1 atom stereocenters. The second-order valence-corrected chi connectivity index (χ2v) is 5.04. The molecule has 0 bridgehead atoms. The molecule has 1 aromatic heterocycles. The van der Waals surface area contributed by atoms with Crippen molar-refractivity contribution < 1.29 is 4.79 Å². The molecule has 5 nitrogen and oxygen atoms in total. The quantitative estimate of drug-likeness (QED) is 0.801. The van der Waals surface area contributed by atoms with E-state index >= 15 is 0 Å². The minimum absolute atomic E-state index is 0.0531. The topological polar surface area (TPSA) is 49.3 Å². The molecule has 5 heteroatoms. The van der Waals surface area contributed by atoms with Crippen LogP contribution in [0, 0.1) is 6.92 Å². The van der Waals surface area contributed by atoms with E-state index in [2.05, 4.69) is 9.97 Å². The fourth-order valence-electron chi connectivity index (χ4n) is 2.32. The molecule has 1 saturated heterocycles. The lowest BCUT2D eigenvalue weighted by Crippen LogP contribution is -2.37. The molecule has 98 valence electrons. The van der Waals surface area contributed by atoms with E-state index in [1.54, 1.807) is 6.20 Å². The van der Waals surface area contributed by atoms with Crippen molar-refractivity contribution in [2.24, 2.45) is 0 Å². The normalized spacial score (nSPS) is 19.6. The van der Waals surface area contributed by atoms with Gasteiger partial charge in [0.05, 0.1) is 12.6 Å². The summed E-state index contributed by atoms with van der Waals surface area (Å²) < 4.78 is 0. The molecule has 0 aliphatic carbocycles. The van der Waals surface area contributed by atoms with E-state index in [-0.39, 0.29) is 11.9 Å². The Morgan fingerprint density at radius 1 is 1.56 bits per heavy atom. The summed E-state index contributed by atoms with van der Waals surface area (Å²) in [5, 5.41) is 0. The maximum absolute atomic E-state index is 12.2. The fourth-order valence-corrected chi connectivity index (χ4v) is 2.32. The van der Waals surface area contributed by atoms with Gasteiger partial charge in [-0.15, -0.1) is 0 Å². The van der Waals surface area contributed by atoms with Crippen LogP contribution in [0.5, 0.6) is 0 Å². The molecule has 0 aromatic carbocycles. The number of nitrogens with zero attached hydrogens (tertiary/aromatic N) is 4. The number of likely N-dealkylation sites (tertiary alicyclic amines) is 1. The van der Waals surface area contributed by atoms with Gasteiger partial charge < -0.3 is 9.80 Å². The summed E-state index contributed by atoms with van der Waals surface area (Å²) in [6.45, 7) is 3.21. The SMILES string of the molecule is Cc1ccnc([C@@H]2CCCN2C(=O)CN(C)C)n1. The van der Waals surface area contributed by atoms with Gasteiger partial charge in [0.2, 0.25) is 5.91 Å². The van der Waals surface area contributed by atoms with Crippen LogP contribution in [0.25, 0.3) is 0 Å². The summed E-state index contributed by atoms with van der Waals surface area (Å²) in [6.07, 6.45) is 3.76. The number of amides is 1. The zero-order chi connectivity index (χ0) is 13.1. The largest absolute Gasteiger partial charge is 0.331 e. The van der Waals surface area contributed by atoms with Crippen LogP contribution in [0.15, 0.2) is 12.3 Å². The van der Waals surface area contributed by atoms with Gasteiger partial charge in [0.15, 0.2) is 5.82 Å². The van der Waals surface area contributed by atoms with E-state index in [9.17, 15) is 4.79 Å². The summed E-state index contributed by atoms with van der Waals surface area (Å²) in [7, 11) is 3.82. The highest BCUT2D eigenvalue weighted by molar-refractivity contribution is 5.78. The number of aromatic nitrogens is 2. The molecule has 2 heterocycles. The number of carbonyl (C=O) groups excluding carboxylic acids is 1. The number of carbonyl (C=O) groups is 1. The van der Waals surface area contributed by atoms with E-state index in [1.165, 1.54) is 0 Å². The van der Waals surface area contributed by atoms with Gasteiger partial charge in [0, 0.05) is 18.4 Å². The summed E-state index contributed by atoms with van der Waals surface area (Å²) in [6, 6.07) is 1.93. The Morgan fingerprint density at radius 3 is 3.00 bits per heavy atom. The van der Waals surface area contributed by atoms with Gasteiger partial charge in [0.25, 0.3) is 0 Å². The van der Waals surface area contributed by atoms with Crippen molar-refractivity contribution in [1.82, 2.24) is 19.8 Å². The van der Waals surface area contributed by atoms with Crippen LogP contribution < -0.4 is 0 Å². The third-order valence-electron chi connectivity index (χ3n) is 3.14. The number of likely N-dealkylation sites (N-methyl/N-ethyl adjacent to an activating group) is 1. The first kappa shape index (κ1) is 13.0. The van der Waals surface area contributed by atoms with Crippen LogP contribution >= 0.6 is 0 Å². The maximum Gasteiger partial charge on any atom is 0.237 e. The van der Waals surface area contributed by atoms with Gasteiger partial charge in [-0.05, 0) is 39.9 Å². The van der Waals surface area contributed by atoms with Crippen LogP contribution in [0.4, 0.5) is 0 Å². The molecular weight excluding hydrogens is 228 g/mol. The molecule has 18 heavy (non-hydrogen) atoms. The molecule has 0 radical (unpaired) electrons. The molecule has 0 saturated carbocycles. The van der Waals surface area contributed by atoms with E-state index in [4.69, 9.17) is 0 Å². The van der Waals surface area contributed by atoms with Gasteiger partial charge in [-0.2, -0.15) is 0 Å². The second kappa shape index (κ2) is 5.44. The van der Waals surface area contributed by atoms with E-state index in [0.717, 1.165) is 30.9 Å². The number of hydrogen-bond acceptors (Lipinski definition) is 4. The molecule has 1 fully saturated rings. The minimum atomic E-state index is 0.0531. The van der Waals surface area contributed by atoms with Gasteiger partial charge in [0.1, 0.15) is 0 Å². The summed E-state index contributed by atoms with van der Waals surface area (Å²) in [5.41, 5.74) is 0.951. The molecule has 1 aliphatic heterocycles. The van der Waals surface area contributed by atoms with Crippen molar-refractivity contribution in [3.05, 3.63) is 23.8 Å². The van der Waals surface area contributed by atoms with Crippen molar-refractivity contribution in [2.75, 3.05) is 27.2 Å². The maximum atomic E-state index is 12.2. The molecule has 1 amide bonds. The highest BCUT2D eigenvalue weighted by atomic mass is 16.2. The van der Waals surface area contributed by atoms with Crippen molar-refractivity contribution in [2.45, 2.75) is 25.8 Å². The van der Waals surface area contributed by atoms with Crippen LogP contribution in [0.2, 0.25) is 0 Å². The highest BCUT2D eigenvalue weighted by Gasteiger charge is 2.31. The Hall–Kier alpha value is -1.49. The third kappa shape index (κ3) is 2.85. The van der Waals surface area contributed by atoms with Gasteiger partial charge in [-0.1, -0.05) is 0 Å². The zero-order valence-corrected chi connectivity index (χ0v) is 11.3. The van der Waals surface area contributed by atoms with Crippen molar-refractivity contribution in [3.63, 3.8) is 0 Å². The Morgan fingerprint density at radius 2 is 2.33 bits per heavy atom. The molecule has 2 rings (SSSR count). The number of hydrogen-bond donors (Lipinski definition) is 0. The average Bonchev–Trinajstić information content (AvgIpc) is 2.76. The lowest BCUT2D eigenvalue weighted by Gasteiger charge is -2.25. The monoisotopic (exact) mass is 248 g/mol. The lowest BCUT2D eigenvalue weighted by molar-refractivity contribution is -0.132. The van der Waals surface area contributed by atoms with Crippen LogP contribution in [-0.4, -0.2) is 52.9 Å². The van der Waals surface area contributed by atoms with Crippen LogP contribution in [0.1, 0.15) is 30.4 Å². The van der Waals surface area contributed by atoms with E-state index < -0.39 is 0 Å². The minimum Gasteiger partial charge on any atom is -0.331 e. The third-order valence-corrected chi connectivity index (χ3v) is 3.14. The fraction of sp³-hybridized carbons (Fsp3) is 0.615. The first-order chi connectivity index (χ1) is 8.58. The van der Waals surface area contributed by atoms with Crippen molar-refractivity contribution in [1.29, 1.82) is 0 Å². The average molecular weight is 248 g/mol. The van der Waals surface area contributed by atoms with Crippen LogP contribution in [0.3, 0.4) is 0 Å². The van der Waals surface area contributed by atoms with Crippen molar-refractivity contribution >= 4 is 5.91 Å². The molecule has 0 N–H and O–H groups in total. The Balaban J connectivity index is 2.14. The zero-order valence-electron chi connectivity index (χ0n) is 11.3. The standard InChI is InChI=1S/C13H20N4O/c1-10-6-7-14-13(15-10)11-5-4-8-17(11)12(18)9-16(2)3/h6-7,11H,4-5,8-9H2,1-3H3/t11-/m0/s1. The molecule has 1 aromatic rings. The molecule has 1 aliphatic rings. The molecule has 0 spiro atoms. The van der Waals surface area contributed by atoms with Gasteiger partial charge in [-0.3, -0.25) is 4.79 Å². The van der Waals surface area contributed by atoms with E-state index in [1.807, 2.05) is 36.9 Å². The Kier molecular flexibility index (Phi) is 3.91. The smallest absolute Gasteiger partial charge is 0.237 e. The Labute approximate surface area is 108 Å². The first-order valence-electron chi connectivity index (χ1n) is 6.31. The number of rotatable bonds is 3. The van der Waals surface area contributed by atoms with E-state index in [0.29, 0.717) is 6.54 Å². The molecule has 0 unspecified atom stereocenters. The lowest BCUT2D eigenvalue weighted by atomic mass is 10.2. The van der Waals surface area contributed by atoms with Gasteiger partial charge >= 0.3 is 0 Å². The van der Waals surface area contributed by atoms with Crippen molar-refractivity contribution in [3.8, 4) is 0 Å². The Bertz CT molecular complexity index is 433. The predicted molar refractivity (Wildman–Crippen MR) is 69.0 cm³/mol. The van der Waals surface area contributed by atoms with Crippen LogP contribution in [-0.2, 0) is 4.79 Å². The number of aryl methyl sites for hydroxylation is 1. The van der Waals surface area contributed by atoms with Gasteiger partial charge in [-0.25, -0.2) is 9.97 Å². The summed E-state index contributed by atoms with van der Waals surface area (Å²) in [4.78, 5) is 24.7. The highest BCUT2D eigenvalue weighted by Crippen LogP contribution is 2.29. The second-order valence-electron chi connectivity index (χ2n) is 5.04. The molecular formula is C13H20N4O. The predicted octanol–water partition coefficient (Wildman–Crippen LogP) is 1.01. The first-order valence-corrected chi connectivity index (χ1v) is 6.31. The summed E-state index contributed by atoms with van der Waals surface area (Å²) in [5.74, 6) is 0.937.